The van der Waals surface area contributed by atoms with E-state index < -0.39 is 0 Å². The van der Waals surface area contributed by atoms with Crippen LogP contribution in [-0.2, 0) is 22.7 Å². The topological polar surface area (TPSA) is 93.7 Å². The van der Waals surface area contributed by atoms with Gasteiger partial charge in [-0.2, -0.15) is 0 Å². The molecule has 0 spiro atoms. The molecule has 2 heterocycles. The average molecular weight is 609 g/mol. The number of likely N-dealkylation sites (N-methyl/N-ethyl adjacent to an activating group) is 1. The summed E-state index contributed by atoms with van der Waals surface area (Å²) in [4.78, 5) is 28.4. The number of halogens is 2. The van der Waals surface area contributed by atoms with Crippen LogP contribution in [0.1, 0.15) is 35.5 Å². The predicted molar refractivity (Wildman–Crippen MR) is 166 cm³/mol. The van der Waals surface area contributed by atoms with Crippen LogP contribution in [0.25, 0.3) is 10.6 Å². The normalized spacial score (nSPS) is 12.3. The fraction of sp³-hybridized carbons (Fsp3) is 0.429. The molecule has 1 aliphatic rings. The van der Waals surface area contributed by atoms with Crippen molar-refractivity contribution in [3.8, 4) is 10.6 Å². The molecule has 0 saturated heterocycles. The Kier molecular flexibility index (Phi) is 12.8. The summed E-state index contributed by atoms with van der Waals surface area (Å²) in [5, 5.41) is 20.1. The molecule has 0 unspecified atom stereocenters. The minimum absolute atomic E-state index is 0. The van der Waals surface area contributed by atoms with E-state index in [9.17, 15) is 9.59 Å². The number of hydrogen-bond donors (Lipinski definition) is 2. The lowest BCUT2D eigenvalue weighted by Gasteiger charge is -2.32. The van der Waals surface area contributed by atoms with Gasteiger partial charge in [0.15, 0.2) is 0 Å². The molecule has 9 nitrogen and oxygen atoms in total. The van der Waals surface area contributed by atoms with Crippen molar-refractivity contribution in [2.24, 2.45) is 0 Å². The summed E-state index contributed by atoms with van der Waals surface area (Å²) >= 11 is 1.52. The number of hydrogen-bond acceptors (Lipinski definition) is 8. The molecule has 12 heteroatoms. The van der Waals surface area contributed by atoms with Crippen molar-refractivity contribution in [1.29, 1.82) is 0 Å². The second-order valence-corrected chi connectivity index (χ2v) is 11.1. The number of nitrogens with one attached hydrogen (secondary N) is 2. The molecule has 4 rings (SSSR count). The van der Waals surface area contributed by atoms with Crippen molar-refractivity contribution in [3.63, 3.8) is 0 Å². The molecule has 40 heavy (non-hydrogen) atoms. The summed E-state index contributed by atoms with van der Waals surface area (Å²) in [7, 11) is 1.80. The maximum Gasteiger partial charge on any atom is 0.256 e. The van der Waals surface area contributed by atoms with Crippen LogP contribution in [0.5, 0.6) is 0 Å². The SMILES string of the molecule is Cc1nnc(-c2ccc(C)c(N(CC(=O)NCCNC(C)C)CC(=O)N(C)N3Cc4ccccc4C3)c2)s1.Cl.Cl. The fourth-order valence-electron chi connectivity index (χ4n) is 4.47. The predicted octanol–water partition coefficient (Wildman–Crippen LogP) is 3.98. The fourth-order valence-corrected chi connectivity index (χ4v) is 5.15. The largest absolute Gasteiger partial charge is 0.353 e. The zero-order valence-electron chi connectivity index (χ0n) is 23.6. The second-order valence-electron chi connectivity index (χ2n) is 9.95. The van der Waals surface area contributed by atoms with Gasteiger partial charge in [0.1, 0.15) is 10.0 Å². The van der Waals surface area contributed by atoms with Gasteiger partial charge in [-0.3, -0.25) is 14.6 Å². The minimum Gasteiger partial charge on any atom is -0.353 e. The van der Waals surface area contributed by atoms with Crippen LogP contribution >= 0.6 is 36.2 Å². The average Bonchev–Trinajstić information content (AvgIpc) is 3.52. The Morgan fingerprint density at radius 1 is 1.00 bits per heavy atom. The molecule has 0 bridgehead atoms. The third-order valence-corrected chi connectivity index (χ3v) is 7.48. The highest BCUT2D eigenvalue weighted by Gasteiger charge is 2.27. The number of aromatic nitrogens is 2. The number of hydrazine groups is 1. The van der Waals surface area contributed by atoms with E-state index in [2.05, 4.69) is 46.8 Å². The Labute approximate surface area is 253 Å². The van der Waals surface area contributed by atoms with Crippen LogP contribution in [0, 0.1) is 13.8 Å². The van der Waals surface area contributed by atoms with Crippen LogP contribution in [0.4, 0.5) is 5.69 Å². The number of rotatable bonds is 11. The zero-order chi connectivity index (χ0) is 27.2. The summed E-state index contributed by atoms with van der Waals surface area (Å²) in [6.07, 6.45) is 0. The van der Waals surface area contributed by atoms with Gasteiger partial charge in [0.2, 0.25) is 5.91 Å². The summed E-state index contributed by atoms with van der Waals surface area (Å²) in [5.74, 6) is -0.209. The Hall–Kier alpha value is -2.76. The monoisotopic (exact) mass is 607 g/mol. The number of carbonyl (C=O) groups is 2. The number of amides is 2. The van der Waals surface area contributed by atoms with Crippen molar-refractivity contribution in [2.75, 3.05) is 38.1 Å². The van der Waals surface area contributed by atoms with Crippen LogP contribution in [-0.4, -0.2) is 71.3 Å². The number of anilines is 1. The van der Waals surface area contributed by atoms with Crippen molar-refractivity contribution < 1.29 is 9.59 Å². The first-order chi connectivity index (χ1) is 18.2. The number of fused-ring (bicyclic) bond motifs is 1. The molecular formula is C28H39Cl2N7O2S. The highest BCUT2D eigenvalue weighted by Crippen LogP contribution is 2.30. The maximum atomic E-state index is 13.5. The van der Waals surface area contributed by atoms with Gasteiger partial charge in [-0.05, 0) is 36.6 Å². The maximum absolute atomic E-state index is 13.5. The standard InChI is InChI=1S/C28H37N7O2S.2ClH/c1-19(2)29-12-13-30-26(36)17-34(25-14-22(11-10-20(25)3)28-32-31-21(4)38-28)18-27(37)33(5)35-15-23-8-6-7-9-24(23)16-35;;/h6-11,14,19,29H,12-13,15-18H2,1-5H3,(H,30,36);2*1H. The molecule has 0 saturated carbocycles. The summed E-state index contributed by atoms with van der Waals surface area (Å²) in [6.45, 7) is 10.8. The third kappa shape index (κ3) is 8.62. The van der Waals surface area contributed by atoms with Gasteiger partial charge in [-0.15, -0.1) is 35.0 Å². The minimum atomic E-state index is -0.129. The molecule has 0 radical (unpaired) electrons. The molecule has 0 atom stereocenters. The zero-order valence-corrected chi connectivity index (χ0v) is 26.1. The Balaban J connectivity index is 0.00000280. The number of carbonyl (C=O) groups excluding carboxylic acids is 2. The highest BCUT2D eigenvalue weighted by molar-refractivity contribution is 7.14. The number of nitrogens with zero attached hydrogens (tertiary/aromatic N) is 5. The Morgan fingerprint density at radius 3 is 2.27 bits per heavy atom. The van der Waals surface area contributed by atoms with Gasteiger partial charge in [-0.25, -0.2) is 5.01 Å². The smallest absolute Gasteiger partial charge is 0.256 e. The van der Waals surface area contributed by atoms with Gasteiger partial charge in [0.05, 0.1) is 13.1 Å². The molecule has 3 aromatic rings. The van der Waals surface area contributed by atoms with E-state index >= 15 is 0 Å². The number of benzene rings is 2. The summed E-state index contributed by atoms with van der Waals surface area (Å²) < 4.78 is 0. The summed E-state index contributed by atoms with van der Waals surface area (Å²) in [6, 6.07) is 14.6. The first kappa shape index (κ1) is 33.4. The van der Waals surface area contributed by atoms with E-state index in [1.165, 1.54) is 22.5 Å². The molecular weight excluding hydrogens is 569 g/mol. The quantitative estimate of drug-likeness (QED) is 0.318. The van der Waals surface area contributed by atoms with Gasteiger partial charge in [0.25, 0.3) is 5.91 Å². The second kappa shape index (κ2) is 15.3. The van der Waals surface area contributed by atoms with E-state index in [4.69, 9.17) is 0 Å². The van der Waals surface area contributed by atoms with E-state index in [1.807, 2.05) is 54.1 Å². The molecule has 2 N–H and O–H groups in total. The molecule has 2 aromatic carbocycles. The van der Waals surface area contributed by atoms with E-state index in [-0.39, 0.29) is 49.7 Å². The lowest BCUT2D eigenvalue weighted by Crippen LogP contribution is -2.48. The van der Waals surface area contributed by atoms with Crippen molar-refractivity contribution in [2.45, 2.75) is 46.8 Å². The third-order valence-electron chi connectivity index (χ3n) is 6.59. The molecule has 218 valence electrons. The lowest BCUT2D eigenvalue weighted by molar-refractivity contribution is -0.145. The molecule has 1 aliphatic heterocycles. The van der Waals surface area contributed by atoms with Crippen LogP contribution in [0.2, 0.25) is 0 Å². The lowest BCUT2D eigenvalue weighted by atomic mass is 10.1. The Morgan fingerprint density at radius 2 is 1.68 bits per heavy atom. The number of aryl methyl sites for hydroxylation is 2. The summed E-state index contributed by atoms with van der Waals surface area (Å²) in [5.41, 5.74) is 5.19. The van der Waals surface area contributed by atoms with E-state index in [1.54, 1.807) is 12.1 Å². The molecule has 1 aromatic heterocycles. The van der Waals surface area contributed by atoms with Gasteiger partial charge < -0.3 is 15.5 Å². The van der Waals surface area contributed by atoms with E-state index in [0.29, 0.717) is 32.2 Å². The van der Waals surface area contributed by atoms with Gasteiger partial charge >= 0.3 is 0 Å². The van der Waals surface area contributed by atoms with E-state index in [0.717, 1.165) is 26.8 Å². The van der Waals surface area contributed by atoms with Crippen molar-refractivity contribution in [1.82, 2.24) is 30.8 Å². The molecule has 0 fully saturated rings. The molecule has 2 amide bonds. The Bertz CT molecular complexity index is 1260. The van der Waals surface area contributed by atoms with Crippen molar-refractivity contribution >= 4 is 53.7 Å². The van der Waals surface area contributed by atoms with Crippen LogP contribution < -0.4 is 15.5 Å². The first-order valence-electron chi connectivity index (χ1n) is 13.0. The van der Waals surface area contributed by atoms with Crippen molar-refractivity contribution in [3.05, 3.63) is 64.2 Å². The first-order valence-corrected chi connectivity index (χ1v) is 13.8. The van der Waals surface area contributed by atoms with Crippen LogP contribution in [0.3, 0.4) is 0 Å². The highest BCUT2D eigenvalue weighted by atomic mass is 35.5. The van der Waals surface area contributed by atoms with Crippen LogP contribution in [0.15, 0.2) is 42.5 Å². The van der Waals surface area contributed by atoms with Gasteiger partial charge in [0, 0.05) is 50.5 Å². The van der Waals surface area contributed by atoms with Gasteiger partial charge in [-0.1, -0.05) is 61.6 Å². The molecule has 0 aliphatic carbocycles.